The van der Waals surface area contributed by atoms with Crippen molar-refractivity contribution in [3.05, 3.63) is 39.4 Å². The summed E-state index contributed by atoms with van der Waals surface area (Å²) in [6.07, 6.45) is 3.32. The zero-order chi connectivity index (χ0) is 17.5. The standard InChI is InChI=1S/C18H18N4OS3/c23-16(21-7-5-14-12(10-21)6-9-25-14)11-26-18-20-19-17(15-2-1-8-24-15)22(18)13-3-4-13/h1-2,6,8-9,13H,3-5,7,10-11H2. The van der Waals surface area contributed by atoms with Crippen LogP contribution >= 0.6 is 34.4 Å². The van der Waals surface area contributed by atoms with Crippen molar-refractivity contribution in [2.24, 2.45) is 0 Å². The van der Waals surface area contributed by atoms with E-state index in [9.17, 15) is 4.79 Å². The van der Waals surface area contributed by atoms with Crippen LogP contribution in [0.3, 0.4) is 0 Å². The number of hydrogen-bond donors (Lipinski definition) is 0. The van der Waals surface area contributed by atoms with Crippen LogP contribution in [0.4, 0.5) is 0 Å². The molecule has 0 unspecified atom stereocenters. The lowest BCUT2D eigenvalue weighted by Gasteiger charge is -2.26. The van der Waals surface area contributed by atoms with Crippen molar-refractivity contribution in [3.8, 4) is 10.7 Å². The molecule has 8 heteroatoms. The van der Waals surface area contributed by atoms with Crippen molar-refractivity contribution >= 4 is 40.3 Å². The van der Waals surface area contributed by atoms with Gasteiger partial charge in [-0.2, -0.15) is 0 Å². The SMILES string of the molecule is O=C(CSc1nnc(-c2cccs2)n1C1CC1)N1CCc2sccc2C1. The van der Waals surface area contributed by atoms with Gasteiger partial charge in [-0.3, -0.25) is 9.36 Å². The zero-order valence-electron chi connectivity index (χ0n) is 14.1. The molecule has 0 atom stereocenters. The molecule has 5 nitrogen and oxygen atoms in total. The van der Waals surface area contributed by atoms with Gasteiger partial charge >= 0.3 is 0 Å². The molecule has 4 heterocycles. The minimum Gasteiger partial charge on any atom is -0.337 e. The van der Waals surface area contributed by atoms with Crippen molar-refractivity contribution < 1.29 is 4.79 Å². The van der Waals surface area contributed by atoms with Crippen LogP contribution in [-0.4, -0.2) is 37.9 Å². The molecular weight excluding hydrogens is 384 g/mol. The number of rotatable bonds is 5. The molecule has 1 aliphatic heterocycles. The summed E-state index contributed by atoms with van der Waals surface area (Å²) in [6.45, 7) is 1.57. The number of amides is 1. The van der Waals surface area contributed by atoms with E-state index in [0.717, 1.165) is 35.4 Å². The fraction of sp³-hybridized carbons (Fsp3) is 0.389. The molecule has 1 amide bonds. The highest BCUT2D eigenvalue weighted by Gasteiger charge is 2.31. The second-order valence-corrected chi connectivity index (χ2v) is 9.50. The van der Waals surface area contributed by atoms with Gasteiger partial charge < -0.3 is 4.90 Å². The summed E-state index contributed by atoms with van der Waals surface area (Å²) in [6, 6.07) is 6.75. The van der Waals surface area contributed by atoms with Crippen molar-refractivity contribution in [1.29, 1.82) is 0 Å². The Morgan fingerprint density at radius 2 is 2.15 bits per heavy atom. The summed E-state index contributed by atoms with van der Waals surface area (Å²) < 4.78 is 2.23. The van der Waals surface area contributed by atoms with E-state index in [2.05, 4.69) is 37.7 Å². The third-order valence-corrected chi connectivity index (χ3v) is 7.62. The average Bonchev–Trinajstić information content (AvgIpc) is 3.09. The fourth-order valence-corrected chi connectivity index (χ4v) is 5.79. The molecule has 134 valence electrons. The molecule has 1 saturated carbocycles. The van der Waals surface area contributed by atoms with Crippen LogP contribution in [0.5, 0.6) is 0 Å². The van der Waals surface area contributed by atoms with E-state index in [1.54, 1.807) is 22.7 Å². The number of hydrogen-bond acceptors (Lipinski definition) is 6. The lowest BCUT2D eigenvalue weighted by molar-refractivity contribution is -0.129. The quantitative estimate of drug-likeness (QED) is 0.604. The zero-order valence-corrected chi connectivity index (χ0v) is 16.6. The number of thiophene rings is 2. The van der Waals surface area contributed by atoms with Gasteiger partial charge in [0.05, 0.1) is 10.6 Å². The van der Waals surface area contributed by atoms with Crippen LogP contribution in [0, 0.1) is 0 Å². The third-order valence-electron chi connectivity index (χ3n) is 4.80. The maximum atomic E-state index is 12.7. The van der Waals surface area contributed by atoms with Crippen molar-refractivity contribution in [3.63, 3.8) is 0 Å². The maximum absolute atomic E-state index is 12.7. The minimum atomic E-state index is 0.190. The molecule has 0 radical (unpaired) electrons. The molecule has 0 spiro atoms. The van der Waals surface area contributed by atoms with Crippen molar-refractivity contribution in [2.45, 2.75) is 37.0 Å². The molecule has 26 heavy (non-hydrogen) atoms. The first-order chi connectivity index (χ1) is 12.8. The van der Waals surface area contributed by atoms with E-state index < -0.39 is 0 Å². The summed E-state index contributed by atoms with van der Waals surface area (Å²) >= 11 is 5.01. The fourth-order valence-electron chi connectivity index (χ4n) is 3.29. The monoisotopic (exact) mass is 402 g/mol. The molecule has 3 aromatic heterocycles. The molecule has 1 fully saturated rings. The number of carbonyl (C=O) groups excluding carboxylic acids is 1. The van der Waals surface area contributed by atoms with Crippen molar-refractivity contribution in [2.75, 3.05) is 12.3 Å². The number of fused-ring (bicyclic) bond motifs is 1. The van der Waals surface area contributed by atoms with Crippen LogP contribution in [0.15, 0.2) is 34.1 Å². The lowest BCUT2D eigenvalue weighted by atomic mass is 10.1. The van der Waals surface area contributed by atoms with Gasteiger partial charge in [0, 0.05) is 24.0 Å². The number of thioether (sulfide) groups is 1. The minimum absolute atomic E-state index is 0.190. The topological polar surface area (TPSA) is 51.0 Å². The Balaban J connectivity index is 1.29. The average molecular weight is 403 g/mol. The summed E-state index contributed by atoms with van der Waals surface area (Å²) in [5.41, 5.74) is 1.31. The second-order valence-electron chi connectivity index (χ2n) is 6.61. The van der Waals surface area contributed by atoms with Crippen LogP contribution in [0.25, 0.3) is 10.7 Å². The summed E-state index contributed by atoms with van der Waals surface area (Å²) in [7, 11) is 0. The Kier molecular flexibility index (Phi) is 4.34. The Hall–Kier alpha value is -1.64. The van der Waals surface area contributed by atoms with E-state index in [4.69, 9.17) is 0 Å². The van der Waals surface area contributed by atoms with Gasteiger partial charge in [0.2, 0.25) is 5.91 Å². The Labute approximate surface area is 164 Å². The molecule has 1 aliphatic carbocycles. The molecular formula is C18H18N4OS3. The molecule has 0 saturated heterocycles. The summed E-state index contributed by atoms with van der Waals surface area (Å²) in [5, 5.41) is 13.9. The van der Waals surface area contributed by atoms with Gasteiger partial charge in [-0.1, -0.05) is 17.8 Å². The van der Waals surface area contributed by atoms with E-state index in [1.165, 1.54) is 35.0 Å². The number of aromatic nitrogens is 3. The lowest BCUT2D eigenvalue weighted by Crippen LogP contribution is -2.36. The normalized spacial score (nSPS) is 16.7. The Morgan fingerprint density at radius 1 is 1.23 bits per heavy atom. The highest BCUT2D eigenvalue weighted by molar-refractivity contribution is 7.99. The predicted molar refractivity (Wildman–Crippen MR) is 106 cm³/mol. The largest absolute Gasteiger partial charge is 0.337 e. The molecule has 3 aromatic rings. The summed E-state index contributed by atoms with van der Waals surface area (Å²) in [4.78, 5) is 17.2. The molecule has 0 N–H and O–H groups in total. The van der Waals surface area contributed by atoms with Crippen molar-refractivity contribution in [1.82, 2.24) is 19.7 Å². The van der Waals surface area contributed by atoms with E-state index in [1.807, 2.05) is 11.0 Å². The maximum Gasteiger partial charge on any atom is 0.233 e. The first kappa shape index (κ1) is 16.5. The Morgan fingerprint density at radius 3 is 2.96 bits per heavy atom. The van der Waals surface area contributed by atoms with Crippen LogP contribution in [0.2, 0.25) is 0 Å². The number of carbonyl (C=O) groups is 1. The van der Waals surface area contributed by atoms with Gasteiger partial charge in [0.25, 0.3) is 0 Å². The molecule has 5 rings (SSSR count). The molecule has 0 aromatic carbocycles. The highest BCUT2D eigenvalue weighted by Crippen LogP contribution is 2.41. The predicted octanol–water partition coefficient (Wildman–Crippen LogP) is 4.08. The Bertz CT molecular complexity index is 926. The third kappa shape index (κ3) is 3.10. The van der Waals surface area contributed by atoms with Gasteiger partial charge in [-0.25, -0.2) is 0 Å². The van der Waals surface area contributed by atoms with Gasteiger partial charge in [-0.15, -0.1) is 32.9 Å². The van der Waals surface area contributed by atoms with Crippen LogP contribution in [0.1, 0.15) is 29.3 Å². The molecule has 2 aliphatic rings. The second kappa shape index (κ2) is 6.83. The van der Waals surface area contributed by atoms with E-state index in [-0.39, 0.29) is 5.91 Å². The summed E-state index contributed by atoms with van der Waals surface area (Å²) in [5.74, 6) is 1.56. The van der Waals surface area contributed by atoms with E-state index in [0.29, 0.717) is 11.8 Å². The molecule has 0 bridgehead atoms. The van der Waals surface area contributed by atoms with E-state index >= 15 is 0 Å². The van der Waals surface area contributed by atoms with Gasteiger partial charge in [0.15, 0.2) is 11.0 Å². The van der Waals surface area contributed by atoms with Gasteiger partial charge in [0.1, 0.15) is 0 Å². The first-order valence-corrected chi connectivity index (χ1v) is 11.5. The smallest absolute Gasteiger partial charge is 0.233 e. The van der Waals surface area contributed by atoms with Gasteiger partial charge in [-0.05, 0) is 47.7 Å². The van der Waals surface area contributed by atoms with Crippen LogP contribution < -0.4 is 0 Å². The number of nitrogens with zero attached hydrogens (tertiary/aromatic N) is 4. The highest BCUT2D eigenvalue weighted by atomic mass is 32.2. The first-order valence-electron chi connectivity index (χ1n) is 8.74. The van der Waals surface area contributed by atoms with Crippen LogP contribution in [-0.2, 0) is 17.8 Å².